The molecule has 0 radical (unpaired) electrons. The topological polar surface area (TPSA) is 61.3 Å². The molecule has 2 rings (SSSR count). The second kappa shape index (κ2) is 13.9. The number of rotatable bonds is 14. The Morgan fingerprint density at radius 1 is 1.00 bits per heavy atom. The summed E-state index contributed by atoms with van der Waals surface area (Å²) < 4.78 is 64.2. The average molecular weight is 485 g/mol. The predicted octanol–water partition coefficient (Wildman–Crippen LogP) is 6.84. The highest BCUT2D eigenvalue weighted by Crippen LogP contribution is 2.29. The lowest BCUT2D eigenvalue weighted by Crippen LogP contribution is -2.39. The van der Waals surface area contributed by atoms with E-state index in [0.717, 1.165) is 30.9 Å². The van der Waals surface area contributed by atoms with Gasteiger partial charge in [0.2, 0.25) is 6.10 Å². The number of unbranched alkanes of at least 4 members (excludes halogenated alkanes) is 5. The van der Waals surface area contributed by atoms with Crippen LogP contribution in [-0.2, 0) is 16.0 Å². The number of esters is 1. The molecule has 0 aliphatic carbocycles. The quantitative estimate of drug-likeness (QED) is 0.167. The molecule has 0 saturated heterocycles. The standard InChI is InChI=1S/C25H32F4N2O3/c1-3-5-7-8-9-10-18-15-30-24(31-16-18)20-13-12-19(14-21(20)26)34-22(25(27,28)29)17-33-23(32)11-6-4-2/h12-16,22H,3-11,17H2,1-2H3. The molecule has 5 nitrogen and oxygen atoms in total. The summed E-state index contributed by atoms with van der Waals surface area (Å²) in [5, 5.41) is 0. The first kappa shape index (κ1) is 27.5. The van der Waals surface area contributed by atoms with Crippen LogP contribution < -0.4 is 4.74 Å². The normalized spacial score (nSPS) is 12.4. The molecule has 0 bridgehead atoms. The number of alkyl halides is 3. The minimum Gasteiger partial charge on any atom is -0.477 e. The summed E-state index contributed by atoms with van der Waals surface area (Å²) in [6.45, 7) is 3.01. The van der Waals surface area contributed by atoms with Gasteiger partial charge in [0.1, 0.15) is 18.2 Å². The van der Waals surface area contributed by atoms with Crippen LogP contribution in [0.5, 0.6) is 5.75 Å². The van der Waals surface area contributed by atoms with E-state index < -0.39 is 30.7 Å². The highest BCUT2D eigenvalue weighted by atomic mass is 19.4. The number of hydrogen-bond acceptors (Lipinski definition) is 5. The summed E-state index contributed by atoms with van der Waals surface area (Å²) in [4.78, 5) is 19.9. The van der Waals surface area contributed by atoms with Crippen molar-refractivity contribution in [3.63, 3.8) is 0 Å². The zero-order valence-corrected chi connectivity index (χ0v) is 19.7. The average Bonchev–Trinajstić information content (AvgIpc) is 2.80. The molecule has 1 atom stereocenters. The van der Waals surface area contributed by atoms with Crippen molar-refractivity contribution in [2.24, 2.45) is 0 Å². The van der Waals surface area contributed by atoms with Crippen LogP contribution >= 0.6 is 0 Å². The first-order valence-corrected chi connectivity index (χ1v) is 11.7. The lowest BCUT2D eigenvalue weighted by Gasteiger charge is -2.21. The Bertz CT molecular complexity index is 889. The van der Waals surface area contributed by atoms with E-state index >= 15 is 0 Å². The molecular formula is C25H32F4N2O3. The second-order valence-corrected chi connectivity index (χ2v) is 8.16. The van der Waals surface area contributed by atoms with Crippen molar-refractivity contribution in [1.82, 2.24) is 9.97 Å². The summed E-state index contributed by atoms with van der Waals surface area (Å²) >= 11 is 0. The molecule has 0 fully saturated rings. The molecule has 1 aromatic heterocycles. The van der Waals surface area contributed by atoms with Gasteiger partial charge in [-0.1, -0.05) is 46.0 Å². The summed E-state index contributed by atoms with van der Waals surface area (Å²) in [5.41, 5.74) is 0.999. The zero-order chi connectivity index (χ0) is 25.0. The minimum atomic E-state index is -4.80. The fourth-order valence-electron chi connectivity index (χ4n) is 3.23. The van der Waals surface area contributed by atoms with E-state index in [4.69, 9.17) is 4.74 Å². The monoisotopic (exact) mass is 484 g/mol. The number of ether oxygens (including phenoxy) is 2. The second-order valence-electron chi connectivity index (χ2n) is 8.16. The van der Waals surface area contributed by atoms with Crippen molar-refractivity contribution < 1.29 is 31.8 Å². The van der Waals surface area contributed by atoms with E-state index in [1.54, 1.807) is 12.4 Å². The third-order valence-corrected chi connectivity index (χ3v) is 5.23. The molecule has 0 aliphatic heterocycles. The van der Waals surface area contributed by atoms with Crippen LogP contribution in [0.15, 0.2) is 30.6 Å². The number of nitrogens with zero attached hydrogens (tertiary/aromatic N) is 2. The van der Waals surface area contributed by atoms with E-state index in [-0.39, 0.29) is 23.6 Å². The number of aromatic nitrogens is 2. The Morgan fingerprint density at radius 2 is 1.68 bits per heavy atom. The molecule has 1 aromatic carbocycles. The van der Waals surface area contributed by atoms with Crippen LogP contribution in [0.4, 0.5) is 17.6 Å². The summed E-state index contributed by atoms with van der Waals surface area (Å²) in [6.07, 6.45) is 3.90. The predicted molar refractivity (Wildman–Crippen MR) is 121 cm³/mol. The smallest absolute Gasteiger partial charge is 0.428 e. The Kier molecular flexibility index (Phi) is 11.2. The first-order chi connectivity index (χ1) is 16.2. The summed E-state index contributed by atoms with van der Waals surface area (Å²) in [7, 11) is 0. The fraction of sp³-hybridized carbons (Fsp3) is 0.560. The van der Waals surface area contributed by atoms with E-state index in [0.29, 0.717) is 12.8 Å². The molecule has 0 N–H and O–H groups in total. The van der Waals surface area contributed by atoms with Gasteiger partial charge >= 0.3 is 12.1 Å². The maximum absolute atomic E-state index is 14.6. The molecular weight excluding hydrogens is 452 g/mol. The van der Waals surface area contributed by atoms with Gasteiger partial charge in [-0.3, -0.25) is 4.79 Å². The van der Waals surface area contributed by atoms with Gasteiger partial charge in [-0.2, -0.15) is 13.2 Å². The minimum absolute atomic E-state index is 0.0298. The van der Waals surface area contributed by atoms with Crippen LogP contribution in [0, 0.1) is 5.82 Å². The number of carbonyl (C=O) groups is 1. The van der Waals surface area contributed by atoms with Crippen molar-refractivity contribution in [1.29, 1.82) is 0 Å². The van der Waals surface area contributed by atoms with Crippen molar-refractivity contribution in [3.8, 4) is 17.1 Å². The van der Waals surface area contributed by atoms with E-state index in [1.807, 2.05) is 6.92 Å². The molecule has 9 heteroatoms. The molecule has 34 heavy (non-hydrogen) atoms. The molecule has 1 heterocycles. The molecule has 0 spiro atoms. The van der Waals surface area contributed by atoms with Gasteiger partial charge in [-0.15, -0.1) is 0 Å². The van der Waals surface area contributed by atoms with Crippen molar-refractivity contribution >= 4 is 5.97 Å². The SMILES string of the molecule is CCCCCCCc1cnc(-c2ccc(OC(COC(=O)CCCC)C(F)(F)F)cc2F)nc1. The number of carbonyl (C=O) groups excluding carboxylic acids is 1. The van der Waals surface area contributed by atoms with Crippen molar-refractivity contribution in [2.45, 2.75) is 83.9 Å². The van der Waals surface area contributed by atoms with Gasteiger partial charge in [-0.05, 0) is 37.0 Å². The van der Waals surface area contributed by atoms with Crippen LogP contribution in [0.2, 0.25) is 0 Å². The lowest BCUT2D eigenvalue weighted by atomic mass is 10.1. The van der Waals surface area contributed by atoms with Crippen LogP contribution in [0.1, 0.15) is 70.8 Å². The van der Waals surface area contributed by atoms with Crippen molar-refractivity contribution in [2.75, 3.05) is 6.61 Å². The van der Waals surface area contributed by atoms with Gasteiger partial charge in [0, 0.05) is 24.9 Å². The Labute approximate surface area is 197 Å². The highest BCUT2D eigenvalue weighted by Gasteiger charge is 2.43. The summed E-state index contributed by atoms with van der Waals surface area (Å²) in [6, 6.07) is 3.32. The third kappa shape index (κ3) is 9.27. The van der Waals surface area contributed by atoms with Gasteiger partial charge in [0.05, 0.1) is 5.56 Å². The Balaban J connectivity index is 2.00. The van der Waals surface area contributed by atoms with Gasteiger partial charge in [0.25, 0.3) is 0 Å². The lowest BCUT2D eigenvalue weighted by molar-refractivity contribution is -0.209. The maximum atomic E-state index is 14.6. The maximum Gasteiger partial charge on any atom is 0.428 e. The van der Waals surface area contributed by atoms with Crippen molar-refractivity contribution in [3.05, 3.63) is 42.0 Å². The number of halogens is 4. The molecule has 0 amide bonds. The third-order valence-electron chi connectivity index (χ3n) is 5.23. The van der Waals surface area contributed by atoms with E-state index in [9.17, 15) is 22.4 Å². The molecule has 0 aliphatic rings. The molecule has 0 saturated carbocycles. The van der Waals surface area contributed by atoms with Gasteiger partial charge in [-0.25, -0.2) is 14.4 Å². The number of benzene rings is 1. The van der Waals surface area contributed by atoms with Gasteiger partial charge in [0.15, 0.2) is 5.82 Å². The fourth-order valence-corrected chi connectivity index (χ4v) is 3.23. The Hall–Kier alpha value is -2.71. The van der Waals surface area contributed by atoms with Crippen LogP contribution in [-0.4, -0.2) is 34.8 Å². The van der Waals surface area contributed by atoms with E-state index in [2.05, 4.69) is 21.6 Å². The van der Waals surface area contributed by atoms with E-state index in [1.165, 1.54) is 31.4 Å². The summed E-state index contributed by atoms with van der Waals surface area (Å²) in [5.74, 6) is -1.75. The Morgan fingerprint density at radius 3 is 2.29 bits per heavy atom. The van der Waals surface area contributed by atoms with Crippen LogP contribution in [0.25, 0.3) is 11.4 Å². The highest BCUT2D eigenvalue weighted by molar-refractivity contribution is 5.69. The largest absolute Gasteiger partial charge is 0.477 e. The first-order valence-electron chi connectivity index (χ1n) is 11.7. The van der Waals surface area contributed by atoms with Crippen LogP contribution in [0.3, 0.4) is 0 Å². The zero-order valence-electron chi connectivity index (χ0n) is 19.7. The molecule has 2 aromatic rings. The van der Waals surface area contributed by atoms with Gasteiger partial charge < -0.3 is 9.47 Å². The number of hydrogen-bond donors (Lipinski definition) is 0. The molecule has 1 unspecified atom stereocenters. The number of aryl methyl sites for hydroxylation is 1. The molecule has 188 valence electrons.